The van der Waals surface area contributed by atoms with Crippen LogP contribution >= 0.6 is 24.0 Å². The fraction of sp³-hybridized carbons (Fsp3) is 0.611. The zero-order valence-corrected chi connectivity index (χ0v) is 18.5. The van der Waals surface area contributed by atoms with E-state index in [2.05, 4.69) is 41.1 Å². The topological polar surface area (TPSA) is 48.9 Å². The van der Waals surface area contributed by atoms with Gasteiger partial charge in [-0.25, -0.2) is 0 Å². The Labute approximate surface area is 172 Å². The molecule has 5 nitrogen and oxygen atoms in total. The van der Waals surface area contributed by atoms with Crippen LogP contribution in [-0.2, 0) is 6.54 Å². The molecule has 0 radical (unpaired) electrons. The molecule has 8 heteroatoms. The summed E-state index contributed by atoms with van der Waals surface area (Å²) in [5.41, 5.74) is 1.06. The Balaban J connectivity index is 0.00000625. The van der Waals surface area contributed by atoms with Crippen molar-refractivity contribution in [2.24, 2.45) is 4.99 Å². The van der Waals surface area contributed by atoms with E-state index in [9.17, 15) is 8.78 Å². The quantitative estimate of drug-likeness (QED) is 0.256. The van der Waals surface area contributed by atoms with Crippen molar-refractivity contribution >= 4 is 29.9 Å². The van der Waals surface area contributed by atoms with Crippen molar-refractivity contribution in [1.82, 2.24) is 15.5 Å². The third-order valence-electron chi connectivity index (χ3n) is 3.29. The first-order valence-corrected chi connectivity index (χ1v) is 8.49. The summed E-state index contributed by atoms with van der Waals surface area (Å²) in [6, 6.07) is 6.65. The fourth-order valence-corrected chi connectivity index (χ4v) is 2.19. The second-order valence-electron chi connectivity index (χ2n) is 6.79. The summed E-state index contributed by atoms with van der Waals surface area (Å²) in [5, 5.41) is 6.66. The summed E-state index contributed by atoms with van der Waals surface area (Å²) in [6.07, 6.45) is 0. The van der Waals surface area contributed by atoms with Crippen LogP contribution < -0.4 is 15.4 Å². The van der Waals surface area contributed by atoms with Crippen molar-refractivity contribution in [3.8, 4) is 5.75 Å². The molecular formula is C18H31F2IN4O. The minimum atomic E-state index is -2.80. The normalized spacial score (nSPS) is 11.9. The maximum Gasteiger partial charge on any atom is 0.387 e. The van der Waals surface area contributed by atoms with Crippen LogP contribution in [0.25, 0.3) is 0 Å². The lowest BCUT2D eigenvalue weighted by molar-refractivity contribution is -0.0498. The number of aliphatic imine (C=N–C) groups is 1. The van der Waals surface area contributed by atoms with Gasteiger partial charge in [-0.05, 0) is 45.4 Å². The van der Waals surface area contributed by atoms with Crippen LogP contribution in [0.3, 0.4) is 0 Å². The number of guanidine groups is 1. The number of hydrogen-bond donors (Lipinski definition) is 2. The Hall–Kier alpha value is -1.16. The molecule has 0 fully saturated rings. The van der Waals surface area contributed by atoms with E-state index in [1.54, 1.807) is 24.3 Å². The monoisotopic (exact) mass is 484 g/mol. The summed E-state index contributed by atoms with van der Waals surface area (Å²) in [6.45, 7) is 8.44. The molecule has 150 valence electrons. The molecule has 0 unspecified atom stereocenters. The molecule has 0 saturated heterocycles. The zero-order valence-electron chi connectivity index (χ0n) is 16.2. The molecule has 1 aromatic carbocycles. The van der Waals surface area contributed by atoms with Gasteiger partial charge in [-0.1, -0.05) is 12.1 Å². The third kappa shape index (κ3) is 10.7. The number of alkyl halides is 2. The highest BCUT2D eigenvalue weighted by Gasteiger charge is 2.09. The van der Waals surface area contributed by atoms with Crippen LogP contribution in [0.15, 0.2) is 29.3 Å². The molecule has 0 atom stereocenters. The molecule has 0 aromatic heterocycles. The Morgan fingerprint density at radius 2 is 1.85 bits per heavy atom. The number of nitrogens with one attached hydrogen (secondary N) is 2. The summed E-state index contributed by atoms with van der Waals surface area (Å²) in [4.78, 5) is 6.62. The molecule has 26 heavy (non-hydrogen) atoms. The van der Waals surface area contributed by atoms with Gasteiger partial charge >= 0.3 is 6.61 Å². The number of halogens is 3. The molecule has 0 aliphatic carbocycles. The largest absolute Gasteiger partial charge is 0.435 e. The summed E-state index contributed by atoms with van der Waals surface area (Å²) in [5.74, 6) is 0.973. The van der Waals surface area contributed by atoms with Crippen LogP contribution in [0, 0.1) is 0 Å². The van der Waals surface area contributed by atoms with Crippen LogP contribution in [0.5, 0.6) is 5.75 Å². The lowest BCUT2D eigenvalue weighted by Crippen LogP contribution is -2.40. The lowest BCUT2D eigenvalue weighted by atomic mass is 10.1. The van der Waals surface area contributed by atoms with E-state index in [-0.39, 0.29) is 35.3 Å². The Kier molecular flexibility index (Phi) is 11.7. The molecule has 1 rings (SSSR count). The maximum absolute atomic E-state index is 12.2. The van der Waals surface area contributed by atoms with Crippen molar-refractivity contribution in [2.75, 3.05) is 26.7 Å². The smallest absolute Gasteiger partial charge is 0.387 e. The van der Waals surface area contributed by atoms with Crippen molar-refractivity contribution in [2.45, 2.75) is 46.4 Å². The molecule has 0 heterocycles. The summed E-state index contributed by atoms with van der Waals surface area (Å²) in [7, 11) is 1.95. The standard InChI is InChI=1S/C18H30F2N4O.HI/c1-6-21-17(22-11-12-23-18(2,3)4)24(5)13-14-7-9-15(10-8-14)25-16(19)20;/h7-10,16,23H,6,11-13H2,1-5H3,(H,21,22);1H. The number of nitrogens with zero attached hydrogens (tertiary/aromatic N) is 2. The van der Waals surface area contributed by atoms with Gasteiger partial charge in [-0.2, -0.15) is 8.78 Å². The van der Waals surface area contributed by atoms with Gasteiger partial charge in [0, 0.05) is 32.2 Å². The predicted octanol–water partition coefficient (Wildman–Crippen LogP) is 3.69. The first-order chi connectivity index (χ1) is 11.7. The minimum Gasteiger partial charge on any atom is -0.435 e. The Morgan fingerprint density at radius 1 is 1.23 bits per heavy atom. The second kappa shape index (κ2) is 12.3. The number of rotatable bonds is 8. The lowest BCUT2D eigenvalue weighted by Gasteiger charge is -2.23. The molecule has 0 aliphatic heterocycles. The first-order valence-electron chi connectivity index (χ1n) is 8.49. The number of hydrogen-bond acceptors (Lipinski definition) is 3. The fourth-order valence-electron chi connectivity index (χ4n) is 2.19. The van der Waals surface area contributed by atoms with Crippen LogP contribution in [0.4, 0.5) is 8.78 Å². The molecule has 0 amide bonds. The second-order valence-corrected chi connectivity index (χ2v) is 6.79. The van der Waals surface area contributed by atoms with Gasteiger partial charge in [0.1, 0.15) is 5.75 Å². The van der Waals surface area contributed by atoms with E-state index < -0.39 is 6.61 Å². The van der Waals surface area contributed by atoms with E-state index in [1.165, 1.54) is 0 Å². The number of benzene rings is 1. The van der Waals surface area contributed by atoms with Gasteiger partial charge in [0.05, 0.1) is 6.54 Å². The SMILES string of the molecule is CCNC(=NCCNC(C)(C)C)N(C)Cc1ccc(OC(F)F)cc1.I. The van der Waals surface area contributed by atoms with Gasteiger partial charge in [0.25, 0.3) is 0 Å². The van der Waals surface area contributed by atoms with Crippen molar-refractivity contribution in [3.05, 3.63) is 29.8 Å². The van der Waals surface area contributed by atoms with Crippen molar-refractivity contribution in [3.63, 3.8) is 0 Å². The van der Waals surface area contributed by atoms with E-state index in [0.29, 0.717) is 13.1 Å². The maximum atomic E-state index is 12.2. The first kappa shape index (κ1) is 24.8. The molecular weight excluding hydrogens is 453 g/mol. The highest BCUT2D eigenvalue weighted by atomic mass is 127. The van der Waals surface area contributed by atoms with Crippen LogP contribution in [0.2, 0.25) is 0 Å². The van der Waals surface area contributed by atoms with E-state index in [4.69, 9.17) is 0 Å². The third-order valence-corrected chi connectivity index (χ3v) is 3.29. The van der Waals surface area contributed by atoms with Gasteiger partial charge < -0.3 is 20.3 Å². The Morgan fingerprint density at radius 3 is 2.35 bits per heavy atom. The van der Waals surface area contributed by atoms with Crippen molar-refractivity contribution < 1.29 is 13.5 Å². The molecule has 0 bridgehead atoms. The van der Waals surface area contributed by atoms with E-state index in [1.807, 2.05) is 18.9 Å². The van der Waals surface area contributed by atoms with Gasteiger partial charge in [-0.3, -0.25) is 4.99 Å². The summed E-state index contributed by atoms with van der Waals surface area (Å²) >= 11 is 0. The molecule has 0 aliphatic rings. The minimum absolute atomic E-state index is 0. The van der Waals surface area contributed by atoms with Gasteiger partial charge in [-0.15, -0.1) is 24.0 Å². The van der Waals surface area contributed by atoms with E-state index >= 15 is 0 Å². The number of ether oxygens (including phenoxy) is 1. The highest BCUT2D eigenvalue weighted by Crippen LogP contribution is 2.15. The average molecular weight is 484 g/mol. The molecule has 1 aromatic rings. The van der Waals surface area contributed by atoms with Gasteiger partial charge in [0.15, 0.2) is 5.96 Å². The average Bonchev–Trinajstić information content (AvgIpc) is 2.50. The van der Waals surface area contributed by atoms with E-state index in [0.717, 1.165) is 24.6 Å². The van der Waals surface area contributed by atoms with Gasteiger partial charge in [0.2, 0.25) is 0 Å². The zero-order chi connectivity index (χ0) is 18.9. The molecule has 0 saturated carbocycles. The van der Waals surface area contributed by atoms with Crippen LogP contribution in [-0.4, -0.2) is 49.7 Å². The molecule has 2 N–H and O–H groups in total. The molecule has 0 spiro atoms. The van der Waals surface area contributed by atoms with Crippen molar-refractivity contribution in [1.29, 1.82) is 0 Å². The Bertz CT molecular complexity index is 533. The van der Waals surface area contributed by atoms with Crippen LogP contribution in [0.1, 0.15) is 33.3 Å². The predicted molar refractivity (Wildman–Crippen MR) is 114 cm³/mol. The summed E-state index contributed by atoms with van der Waals surface area (Å²) < 4.78 is 28.7. The highest BCUT2D eigenvalue weighted by molar-refractivity contribution is 14.0.